The van der Waals surface area contributed by atoms with Gasteiger partial charge in [0.25, 0.3) is 0 Å². The first-order valence-corrected chi connectivity index (χ1v) is 10.1. The summed E-state index contributed by atoms with van der Waals surface area (Å²) in [5, 5.41) is 9.96. The molecule has 1 fully saturated rings. The van der Waals surface area contributed by atoms with E-state index in [1.165, 1.54) is 0 Å². The normalized spacial score (nSPS) is 18.8. The quantitative estimate of drug-likeness (QED) is 0.116. The van der Waals surface area contributed by atoms with Crippen LogP contribution < -0.4 is 22.3 Å². The summed E-state index contributed by atoms with van der Waals surface area (Å²) in [6.45, 7) is 1.91. The zero-order valence-corrected chi connectivity index (χ0v) is 17.4. The maximum absolute atomic E-state index is 12.1. The average Bonchev–Trinajstić information content (AvgIpc) is 3.20. The second kappa shape index (κ2) is 12.0. The van der Waals surface area contributed by atoms with Gasteiger partial charge < -0.3 is 26.3 Å². The van der Waals surface area contributed by atoms with Crippen molar-refractivity contribution in [2.45, 2.75) is 50.8 Å². The lowest BCUT2D eigenvalue weighted by atomic mass is 10.0. The molecule has 0 aliphatic carbocycles. The van der Waals surface area contributed by atoms with Crippen LogP contribution in [-0.4, -0.2) is 49.1 Å². The van der Waals surface area contributed by atoms with E-state index in [-0.39, 0.29) is 43.5 Å². The Morgan fingerprint density at radius 1 is 1.32 bits per heavy atom. The highest BCUT2D eigenvalue weighted by molar-refractivity contribution is 5.94. The van der Waals surface area contributed by atoms with Gasteiger partial charge in [0, 0.05) is 24.6 Å². The van der Waals surface area contributed by atoms with Crippen molar-refractivity contribution in [3.63, 3.8) is 0 Å². The molecule has 31 heavy (non-hydrogen) atoms. The number of benzene rings is 1. The van der Waals surface area contributed by atoms with Gasteiger partial charge in [-0.15, -0.1) is 0 Å². The van der Waals surface area contributed by atoms with E-state index in [1.807, 2.05) is 19.1 Å². The molecule has 0 saturated carbocycles. The lowest BCUT2D eigenvalue weighted by Gasteiger charge is -2.13. The molecule has 170 valence electrons. The second-order valence-electron chi connectivity index (χ2n) is 7.18. The number of rotatable bonds is 10. The fourth-order valence-corrected chi connectivity index (χ4v) is 2.83. The Labute approximate surface area is 180 Å². The summed E-state index contributed by atoms with van der Waals surface area (Å²) in [7, 11) is 0. The van der Waals surface area contributed by atoms with Gasteiger partial charge in [-0.05, 0) is 18.4 Å². The van der Waals surface area contributed by atoms with Gasteiger partial charge in [-0.1, -0.05) is 37.6 Å². The third kappa shape index (κ3) is 7.96. The smallest absolute Gasteiger partial charge is 0.434 e. The molecule has 1 aliphatic heterocycles. The molecule has 0 radical (unpaired) electrons. The Bertz CT molecular complexity index is 785. The van der Waals surface area contributed by atoms with Gasteiger partial charge in [-0.2, -0.15) is 5.48 Å². The molecule has 11 heteroatoms. The first kappa shape index (κ1) is 24.3. The molecule has 1 heterocycles. The number of hydrogen-bond donors (Lipinski definition) is 5. The number of unbranched alkanes of at least 4 members (excludes halogenated alkanes) is 1. The molecule has 0 bridgehead atoms. The van der Waals surface area contributed by atoms with Crippen LogP contribution in [-0.2, 0) is 23.9 Å². The number of nitrogens with two attached hydrogens (primary N) is 2. The number of hydroxylamine groups is 1. The van der Waals surface area contributed by atoms with Crippen molar-refractivity contribution in [2.75, 3.05) is 13.2 Å². The Morgan fingerprint density at radius 2 is 2.03 bits per heavy atom. The van der Waals surface area contributed by atoms with E-state index in [9.17, 15) is 14.4 Å². The van der Waals surface area contributed by atoms with Gasteiger partial charge in [0.2, 0.25) is 5.91 Å². The van der Waals surface area contributed by atoms with Crippen molar-refractivity contribution in [1.29, 1.82) is 5.41 Å². The third-order valence-corrected chi connectivity index (χ3v) is 4.62. The molecule has 11 nitrogen and oxygen atoms in total. The molecule has 1 saturated heterocycles. The Hall–Kier alpha value is -3.02. The minimum atomic E-state index is -1.19. The van der Waals surface area contributed by atoms with Crippen LogP contribution >= 0.6 is 0 Å². The van der Waals surface area contributed by atoms with Crippen molar-refractivity contribution in [3.05, 3.63) is 35.4 Å². The zero-order valence-electron chi connectivity index (χ0n) is 17.4. The van der Waals surface area contributed by atoms with Crippen molar-refractivity contribution in [3.8, 4) is 0 Å². The van der Waals surface area contributed by atoms with Crippen LogP contribution in [0.25, 0.3) is 0 Å². The molecule has 1 aliphatic rings. The predicted molar refractivity (Wildman–Crippen MR) is 111 cm³/mol. The van der Waals surface area contributed by atoms with Gasteiger partial charge in [0.15, 0.2) is 0 Å². The Kier molecular flexibility index (Phi) is 9.38. The number of amides is 1. The second-order valence-corrected chi connectivity index (χ2v) is 7.18. The summed E-state index contributed by atoms with van der Waals surface area (Å²) in [5.74, 6) is -1.32. The molecule has 1 aromatic rings. The number of carbonyl (C=O) groups excluding carboxylic acids is 3. The topological polar surface area (TPSA) is 179 Å². The Balaban J connectivity index is 1.69. The summed E-state index contributed by atoms with van der Waals surface area (Å²) >= 11 is 0. The lowest BCUT2D eigenvalue weighted by Crippen LogP contribution is -2.45. The highest BCUT2D eigenvalue weighted by atomic mass is 16.7. The molecule has 2 rings (SSSR count). The van der Waals surface area contributed by atoms with Crippen LogP contribution in [0.1, 0.15) is 49.8 Å². The van der Waals surface area contributed by atoms with Crippen LogP contribution in [0.4, 0.5) is 4.79 Å². The highest BCUT2D eigenvalue weighted by Gasteiger charge is 2.29. The van der Waals surface area contributed by atoms with Gasteiger partial charge in [-0.3, -0.25) is 15.0 Å². The van der Waals surface area contributed by atoms with Crippen LogP contribution in [0.2, 0.25) is 0 Å². The maximum atomic E-state index is 12.1. The van der Waals surface area contributed by atoms with E-state index in [1.54, 1.807) is 12.1 Å². The summed E-state index contributed by atoms with van der Waals surface area (Å²) in [6.07, 6.45) is 0.827. The lowest BCUT2D eigenvalue weighted by molar-refractivity contribution is -0.141. The number of amidine groups is 1. The van der Waals surface area contributed by atoms with Crippen molar-refractivity contribution in [2.24, 2.45) is 11.5 Å². The number of nitrogens with one attached hydrogen (secondary N) is 3. The van der Waals surface area contributed by atoms with Gasteiger partial charge in [0.05, 0.1) is 6.61 Å². The fraction of sp³-hybridized carbons (Fsp3) is 0.500. The number of esters is 1. The first-order valence-electron chi connectivity index (χ1n) is 10.1. The monoisotopic (exact) mass is 435 g/mol. The summed E-state index contributed by atoms with van der Waals surface area (Å²) in [5.41, 5.74) is 15.4. The van der Waals surface area contributed by atoms with E-state index in [0.717, 1.165) is 12.0 Å². The van der Waals surface area contributed by atoms with Crippen molar-refractivity contribution in [1.82, 2.24) is 10.8 Å². The number of hydrogen-bond acceptors (Lipinski definition) is 9. The third-order valence-electron chi connectivity index (χ3n) is 4.62. The predicted octanol–water partition coefficient (Wildman–Crippen LogP) is 0.619. The van der Waals surface area contributed by atoms with Crippen molar-refractivity contribution >= 4 is 23.9 Å². The summed E-state index contributed by atoms with van der Waals surface area (Å²) in [6, 6.07) is 5.70. The van der Waals surface area contributed by atoms with E-state index >= 15 is 0 Å². The maximum Gasteiger partial charge on any atom is 0.516 e. The first-order chi connectivity index (χ1) is 14.8. The van der Waals surface area contributed by atoms with E-state index < -0.39 is 18.2 Å². The minimum absolute atomic E-state index is 0.0120. The standard InChI is InChI=1S/C20H29N5O6/c1-2-3-8-29-20(28)30-19(27)15(21)11-24-17(26)10-14-9-16(31-25-14)12-4-6-13(7-5-12)18(22)23/h4-7,14-16,25H,2-3,8-11,21H2,1H3,(H3,22,23)(H,24,26)/t14?,15?,16-/m0/s1. The number of ether oxygens (including phenoxy) is 2. The molecule has 1 amide bonds. The van der Waals surface area contributed by atoms with Gasteiger partial charge in [0.1, 0.15) is 18.0 Å². The molecule has 3 atom stereocenters. The Morgan fingerprint density at radius 3 is 2.68 bits per heavy atom. The fourth-order valence-electron chi connectivity index (χ4n) is 2.83. The van der Waals surface area contributed by atoms with Gasteiger partial charge >= 0.3 is 12.1 Å². The molecule has 1 aromatic carbocycles. The molecule has 0 spiro atoms. The minimum Gasteiger partial charge on any atom is -0.434 e. The summed E-state index contributed by atoms with van der Waals surface area (Å²) in [4.78, 5) is 40.8. The largest absolute Gasteiger partial charge is 0.516 e. The zero-order chi connectivity index (χ0) is 22.8. The molecule has 7 N–H and O–H groups in total. The molecule has 0 aromatic heterocycles. The van der Waals surface area contributed by atoms with E-state index in [2.05, 4.69) is 15.5 Å². The average molecular weight is 435 g/mol. The summed E-state index contributed by atoms with van der Waals surface area (Å²) < 4.78 is 9.20. The highest BCUT2D eigenvalue weighted by Crippen LogP contribution is 2.28. The van der Waals surface area contributed by atoms with Crippen LogP contribution in [0.5, 0.6) is 0 Å². The number of nitrogen functional groups attached to an aromatic ring is 1. The van der Waals surface area contributed by atoms with Gasteiger partial charge in [-0.25, -0.2) is 9.59 Å². The van der Waals surface area contributed by atoms with E-state index in [4.69, 9.17) is 26.5 Å². The van der Waals surface area contributed by atoms with E-state index in [0.29, 0.717) is 18.4 Å². The molecular weight excluding hydrogens is 406 g/mol. The molecule has 2 unspecified atom stereocenters. The van der Waals surface area contributed by atoms with Crippen LogP contribution in [0.15, 0.2) is 24.3 Å². The van der Waals surface area contributed by atoms with Crippen molar-refractivity contribution < 1.29 is 28.7 Å². The number of carbonyl (C=O) groups is 3. The van der Waals surface area contributed by atoms with Crippen LogP contribution in [0.3, 0.4) is 0 Å². The SMILES string of the molecule is CCCCOC(=O)OC(=O)C(N)CNC(=O)CC1C[C@@H](c2ccc(C(=N)N)cc2)ON1. The molecular formula is C20H29N5O6. The van der Waals surface area contributed by atoms with Crippen LogP contribution in [0, 0.1) is 5.41 Å².